The molecule has 0 aromatic carbocycles. The molecule has 1 saturated carbocycles. The zero-order valence-corrected chi connectivity index (χ0v) is 11.1. The predicted molar refractivity (Wildman–Crippen MR) is 68.7 cm³/mol. The van der Waals surface area contributed by atoms with Gasteiger partial charge in [0.2, 0.25) is 5.91 Å². The zero-order chi connectivity index (χ0) is 12.7. The molecular formula is C13H26N2O2. The van der Waals surface area contributed by atoms with Gasteiger partial charge in [-0.15, -0.1) is 0 Å². The van der Waals surface area contributed by atoms with Crippen LogP contribution in [0.2, 0.25) is 0 Å². The van der Waals surface area contributed by atoms with Gasteiger partial charge in [0.25, 0.3) is 0 Å². The van der Waals surface area contributed by atoms with Crippen LogP contribution >= 0.6 is 0 Å². The zero-order valence-electron chi connectivity index (χ0n) is 11.1. The van der Waals surface area contributed by atoms with Crippen molar-refractivity contribution in [2.24, 2.45) is 11.1 Å². The van der Waals surface area contributed by atoms with Crippen molar-refractivity contribution in [1.29, 1.82) is 0 Å². The molecule has 1 unspecified atom stereocenters. The van der Waals surface area contributed by atoms with E-state index in [1.54, 1.807) is 7.11 Å². The molecule has 4 heteroatoms. The fraction of sp³-hybridized carbons (Fsp3) is 0.923. The van der Waals surface area contributed by atoms with Gasteiger partial charge in [-0.25, -0.2) is 0 Å². The van der Waals surface area contributed by atoms with E-state index >= 15 is 0 Å². The van der Waals surface area contributed by atoms with Gasteiger partial charge in [0, 0.05) is 20.3 Å². The highest BCUT2D eigenvalue weighted by Crippen LogP contribution is 2.43. The van der Waals surface area contributed by atoms with Crippen molar-refractivity contribution < 1.29 is 9.53 Å². The minimum atomic E-state index is -0.348. The first-order chi connectivity index (χ1) is 8.13. The number of methoxy groups -OCH3 is 1. The summed E-state index contributed by atoms with van der Waals surface area (Å²) >= 11 is 0. The maximum atomic E-state index is 11.7. The molecule has 1 aliphatic rings. The van der Waals surface area contributed by atoms with Crippen LogP contribution < -0.4 is 11.1 Å². The molecule has 1 aliphatic carbocycles. The van der Waals surface area contributed by atoms with Gasteiger partial charge >= 0.3 is 0 Å². The molecule has 0 spiro atoms. The highest BCUT2D eigenvalue weighted by Gasteiger charge is 2.36. The molecule has 0 aromatic heterocycles. The fourth-order valence-corrected chi connectivity index (χ4v) is 2.36. The third kappa shape index (κ3) is 4.28. The molecule has 1 fully saturated rings. The summed E-state index contributed by atoms with van der Waals surface area (Å²) in [6.07, 6.45) is 6.40. The fourth-order valence-electron chi connectivity index (χ4n) is 2.36. The minimum absolute atomic E-state index is 0.00413. The van der Waals surface area contributed by atoms with Crippen molar-refractivity contribution in [2.45, 2.75) is 51.5 Å². The first-order valence-corrected chi connectivity index (χ1v) is 6.66. The molecule has 0 radical (unpaired) electrons. The average Bonchev–Trinajstić information content (AvgIpc) is 2.27. The molecule has 17 heavy (non-hydrogen) atoms. The number of nitrogens with one attached hydrogen (secondary N) is 1. The summed E-state index contributed by atoms with van der Waals surface area (Å²) in [7, 11) is 1.72. The van der Waals surface area contributed by atoms with Crippen LogP contribution in [-0.2, 0) is 9.53 Å². The van der Waals surface area contributed by atoms with Gasteiger partial charge in [-0.1, -0.05) is 19.8 Å². The van der Waals surface area contributed by atoms with Crippen molar-refractivity contribution >= 4 is 5.91 Å². The Bertz CT molecular complexity index is 240. The Labute approximate surface area is 104 Å². The summed E-state index contributed by atoms with van der Waals surface area (Å²) in [6, 6.07) is -0.348. The second-order valence-electron chi connectivity index (χ2n) is 5.21. The number of hydrogen-bond acceptors (Lipinski definition) is 3. The predicted octanol–water partition coefficient (Wildman–Crippen LogP) is 1.44. The molecule has 1 atom stereocenters. The van der Waals surface area contributed by atoms with Gasteiger partial charge in [-0.05, 0) is 31.1 Å². The van der Waals surface area contributed by atoms with Gasteiger partial charge in [0.1, 0.15) is 0 Å². The van der Waals surface area contributed by atoms with Crippen molar-refractivity contribution in [3.05, 3.63) is 0 Å². The molecule has 100 valence electrons. The molecule has 0 aromatic rings. The van der Waals surface area contributed by atoms with Crippen molar-refractivity contribution in [3.63, 3.8) is 0 Å². The van der Waals surface area contributed by atoms with Crippen LogP contribution in [0.15, 0.2) is 0 Å². The molecule has 0 heterocycles. The first-order valence-electron chi connectivity index (χ1n) is 6.66. The summed E-state index contributed by atoms with van der Waals surface area (Å²) < 4.78 is 5.13. The standard InChI is InChI=1S/C13H26N2O2/c1-3-5-11(14)12(16)15-10-13(6-4-7-13)8-9-17-2/h11H,3-10,14H2,1-2H3,(H,15,16). The van der Waals surface area contributed by atoms with E-state index in [0.717, 1.165) is 32.4 Å². The average molecular weight is 242 g/mol. The van der Waals surface area contributed by atoms with Gasteiger partial charge in [0.15, 0.2) is 0 Å². The third-order valence-corrected chi connectivity index (χ3v) is 3.82. The van der Waals surface area contributed by atoms with Gasteiger partial charge in [-0.3, -0.25) is 4.79 Å². The van der Waals surface area contributed by atoms with Crippen LogP contribution in [0.4, 0.5) is 0 Å². The van der Waals surface area contributed by atoms with E-state index in [0.29, 0.717) is 0 Å². The second-order valence-corrected chi connectivity index (χ2v) is 5.21. The Morgan fingerprint density at radius 1 is 1.53 bits per heavy atom. The van der Waals surface area contributed by atoms with Crippen molar-refractivity contribution in [2.75, 3.05) is 20.3 Å². The largest absolute Gasteiger partial charge is 0.385 e. The van der Waals surface area contributed by atoms with E-state index in [1.165, 1.54) is 19.3 Å². The van der Waals surface area contributed by atoms with E-state index in [4.69, 9.17) is 10.5 Å². The van der Waals surface area contributed by atoms with Crippen LogP contribution in [0, 0.1) is 5.41 Å². The minimum Gasteiger partial charge on any atom is -0.385 e. The summed E-state index contributed by atoms with van der Waals surface area (Å²) in [6.45, 7) is 3.57. The Morgan fingerprint density at radius 2 is 2.24 bits per heavy atom. The topological polar surface area (TPSA) is 64.4 Å². The Balaban J connectivity index is 2.29. The number of rotatable bonds is 8. The number of nitrogens with two attached hydrogens (primary N) is 1. The lowest BCUT2D eigenvalue weighted by Gasteiger charge is -2.42. The molecule has 3 N–H and O–H groups in total. The summed E-state index contributed by atoms with van der Waals surface area (Å²) in [5.74, 6) is -0.00413. The third-order valence-electron chi connectivity index (χ3n) is 3.82. The van der Waals surface area contributed by atoms with Crippen LogP contribution in [0.25, 0.3) is 0 Å². The maximum Gasteiger partial charge on any atom is 0.236 e. The summed E-state index contributed by atoms with van der Waals surface area (Å²) in [4.78, 5) is 11.7. The monoisotopic (exact) mass is 242 g/mol. The molecular weight excluding hydrogens is 216 g/mol. The quantitative estimate of drug-likeness (QED) is 0.677. The smallest absolute Gasteiger partial charge is 0.236 e. The van der Waals surface area contributed by atoms with Crippen LogP contribution in [0.1, 0.15) is 45.4 Å². The van der Waals surface area contributed by atoms with Crippen LogP contribution in [0.5, 0.6) is 0 Å². The SMILES string of the molecule is CCCC(N)C(=O)NCC1(CCOC)CCC1. The van der Waals surface area contributed by atoms with Crippen LogP contribution in [0.3, 0.4) is 0 Å². The Hall–Kier alpha value is -0.610. The second kappa shape index (κ2) is 6.97. The number of ether oxygens (including phenoxy) is 1. The maximum absolute atomic E-state index is 11.7. The highest BCUT2D eigenvalue weighted by molar-refractivity contribution is 5.81. The number of carbonyl (C=O) groups is 1. The van der Waals surface area contributed by atoms with E-state index in [-0.39, 0.29) is 17.4 Å². The highest BCUT2D eigenvalue weighted by atomic mass is 16.5. The lowest BCUT2D eigenvalue weighted by Crippen LogP contribution is -2.47. The van der Waals surface area contributed by atoms with Gasteiger partial charge in [-0.2, -0.15) is 0 Å². The summed E-state index contributed by atoms with van der Waals surface area (Å²) in [5.41, 5.74) is 6.06. The number of amides is 1. The van der Waals surface area contributed by atoms with E-state index < -0.39 is 0 Å². The molecule has 0 saturated heterocycles. The molecule has 0 bridgehead atoms. The van der Waals surface area contributed by atoms with E-state index in [2.05, 4.69) is 5.32 Å². The van der Waals surface area contributed by atoms with Crippen LogP contribution in [-0.4, -0.2) is 32.2 Å². The van der Waals surface area contributed by atoms with E-state index in [9.17, 15) is 4.79 Å². The van der Waals surface area contributed by atoms with Crippen molar-refractivity contribution in [3.8, 4) is 0 Å². The normalized spacial score (nSPS) is 19.5. The van der Waals surface area contributed by atoms with E-state index in [1.807, 2.05) is 6.92 Å². The molecule has 1 rings (SSSR count). The molecule has 4 nitrogen and oxygen atoms in total. The lowest BCUT2D eigenvalue weighted by molar-refractivity contribution is -0.123. The number of hydrogen-bond donors (Lipinski definition) is 2. The van der Waals surface area contributed by atoms with Crippen molar-refractivity contribution in [1.82, 2.24) is 5.32 Å². The van der Waals surface area contributed by atoms with Gasteiger partial charge in [0.05, 0.1) is 6.04 Å². The molecule has 1 amide bonds. The molecule has 0 aliphatic heterocycles. The number of carbonyl (C=O) groups excluding carboxylic acids is 1. The Kier molecular flexibility index (Phi) is 5.92. The Morgan fingerprint density at radius 3 is 2.71 bits per heavy atom. The lowest BCUT2D eigenvalue weighted by atomic mass is 9.66. The summed E-state index contributed by atoms with van der Waals surface area (Å²) in [5, 5.41) is 3.00. The van der Waals surface area contributed by atoms with Gasteiger partial charge < -0.3 is 15.8 Å². The first kappa shape index (κ1) is 14.5.